The number of nitrogens with one attached hydrogen (secondary N) is 2. The molecule has 4 aromatic heterocycles. The van der Waals surface area contributed by atoms with E-state index >= 15 is 0 Å². The van der Waals surface area contributed by atoms with Crippen molar-refractivity contribution in [2.24, 2.45) is 10.9 Å². The molecule has 2 saturated carbocycles. The molecule has 0 bridgehead atoms. The summed E-state index contributed by atoms with van der Waals surface area (Å²) in [6.45, 7) is 6.94. The van der Waals surface area contributed by atoms with Gasteiger partial charge in [0, 0.05) is 91.8 Å². The number of aliphatic imine (C=N–C) groups is 1. The van der Waals surface area contributed by atoms with Gasteiger partial charge in [-0.1, -0.05) is 27.0 Å². The zero-order chi connectivity index (χ0) is 46.7. The number of carbonyl (C=O) groups excluding carboxylic acids is 4. The van der Waals surface area contributed by atoms with E-state index in [0.717, 1.165) is 102 Å². The molecule has 362 valence electrons. The second-order valence-corrected chi connectivity index (χ2v) is 17.5. The third kappa shape index (κ3) is 14.4. The third-order valence-electron chi connectivity index (χ3n) is 11.9. The molecule has 0 spiro atoms. The number of anilines is 1. The van der Waals surface area contributed by atoms with E-state index in [0.29, 0.717) is 67.2 Å². The van der Waals surface area contributed by atoms with Crippen molar-refractivity contribution in [1.29, 1.82) is 0 Å². The Morgan fingerprint density at radius 2 is 1.26 bits per heavy atom. The Morgan fingerprint density at radius 3 is 1.77 bits per heavy atom. The van der Waals surface area contributed by atoms with Crippen LogP contribution in [0, 0.1) is 19.8 Å². The minimum Gasteiger partial charge on any atom is -0.397 e. The molecule has 6 heterocycles. The van der Waals surface area contributed by atoms with Gasteiger partial charge in [0.25, 0.3) is 11.8 Å². The van der Waals surface area contributed by atoms with Crippen LogP contribution in [0.2, 0.25) is 0 Å². The van der Waals surface area contributed by atoms with Crippen molar-refractivity contribution in [3.63, 3.8) is 0 Å². The molecule has 10 rings (SSSR count). The van der Waals surface area contributed by atoms with Crippen LogP contribution >= 0.6 is 0 Å². The van der Waals surface area contributed by atoms with Gasteiger partial charge in [0.1, 0.15) is 5.78 Å². The second kappa shape index (κ2) is 24.2. The number of carbonyl (C=O) groups is 4. The van der Waals surface area contributed by atoms with Crippen molar-refractivity contribution >= 4 is 35.8 Å². The maximum absolute atomic E-state index is 12.5. The average Bonchev–Trinajstić information content (AvgIpc) is 3.93. The van der Waals surface area contributed by atoms with Crippen molar-refractivity contribution in [3.05, 3.63) is 126 Å². The lowest BCUT2D eigenvalue weighted by atomic mass is 9.98. The standard InChI is InChI=1S/C26H28N4O3.C19H19N5O.C6H9NO2.2CH4/c1-17-2-3-20(26(32)29-22-4-5-22)11-25(17)21-13-28-30(15-21)23-8-19(12-27-14-23)10-24(31)9-18-6-7-33-16-18;1-12-2-3-13(19(25)23-16-4-5-16)6-18(12)14-8-22-24(11-14)17-7-15(20)9-21-10-17;8-3-2-7-6-1-4-9-5-6;;/h2-3,8,11-15,18,22H,4-7,9-10,16H2,1H3,(H,29,32);2-3,6-11,16H,4-5,20H2,1H3,(H,23,25);2-3,6H,1,4-5H2;2*1H4. The van der Waals surface area contributed by atoms with Crippen LogP contribution in [-0.4, -0.2) is 104 Å². The molecule has 2 unspecified atom stereocenters. The van der Waals surface area contributed by atoms with Gasteiger partial charge in [-0.25, -0.2) is 9.36 Å². The smallest absolute Gasteiger partial charge is 0.251 e. The number of ketones is 1. The van der Waals surface area contributed by atoms with Crippen molar-refractivity contribution in [2.45, 2.75) is 98.2 Å². The zero-order valence-corrected chi connectivity index (χ0v) is 37.8. The van der Waals surface area contributed by atoms with Crippen LogP contribution in [0.3, 0.4) is 0 Å². The molecule has 2 atom stereocenters. The first-order valence-electron chi connectivity index (χ1n) is 22.8. The van der Waals surface area contributed by atoms with Crippen molar-refractivity contribution in [1.82, 2.24) is 40.2 Å². The van der Waals surface area contributed by atoms with Gasteiger partial charge in [-0.2, -0.15) is 10.2 Å². The molecule has 69 heavy (non-hydrogen) atoms. The number of aryl methyl sites for hydroxylation is 2. The van der Waals surface area contributed by atoms with E-state index in [2.05, 4.69) is 35.8 Å². The van der Waals surface area contributed by atoms with Crippen LogP contribution in [0.4, 0.5) is 5.69 Å². The summed E-state index contributed by atoms with van der Waals surface area (Å²) in [7, 11) is 0. The molecule has 4 aliphatic rings. The van der Waals surface area contributed by atoms with Crippen molar-refractivity contribution in [2.75, 3.05) is 32.2 Å². The summed E-state index contributed by atoms with van der Waals surface area (Å²) in [6, 6.07) is 16.2. The fourth-order valence-corrected chi connectivity index (χ4v) is 7.78. The lowest BCUT2D eigenvalue weighted by Crippen LogP contribution is -2.25. The summed E-state index contributed by atoms with van der Waals surface area (Å²) in [5.41, 5.74) is 16.2. The first-order chi connectivity index (χ1) is 32.6. The molecule has 16 nitrogen and oxygen atoms in total. The largest absolute Gasteiger partial charge is 0.397 e. The quantitative estimate of drug-likeness (QED) is 0.0711. The number of amides is 2. The first kappa shape index (κ1) is 51.2. The number of aromatic nitrogens is 6. The van der Waals surface area contributed by atoms with Crippen LogP contribution in [0.5, 0.6) is 0 Å². The third-order valence-corrected chi connectivity index (χ3v) is 11.9. The number of Topliss-reactive ketones (excluding diaryl/α,β-unsaturated/α-hetero) is 1. The number of nitrogens with two attached hydrogens (primary N) is 1. The molecule has 16 heteroatoms. The lowest BCUT2D eigenvalue weighted by molar-refractivity contribution is -0.119. The Kier molecular flexibility index (Phi) is 18.0. The number of pyridine rings is 2. The van der Waals surface area contributed by atoms with Crippen molar-refractivity contribution < 1.29 is 28.7 Å². The Hall–Kier alpha value is -7.17. The molecule has 2 saturated heterocycles. The number of ether oxygens (including phenoxy) is 2. The molecule has 2 amide bonds. The summed E-state index contributed by atoms with van der Waals surface area (Å²) in [6.07, 6.45) is 23.3. The molecular formula is C53H64N10O6. The van der Waals surface area contributed by atoms with Crippen LogP contribution in [0.15, 0.2) is 103 Å². The van der Waals surface area contributed by atoms with Crippen LogP contribution in [0.1, 0.15) is 97.2 Å². The van der Waals surface area contributed by atoms with E-state index in [4.69, 9.17) is 15.2 Å². The molecule has 4 N–H and O–H groups in total. The fourth-order valence-electron chi connectivity index (χ4n) is 7.78. The monoisotopic (exact) mass is 937 g/mol. The summed E-state index contributed by atoms with van der Waals surface area (Å²) >= 11 is 0. The van der Waals surface area contributed by atoms with Crippen LogP contribution in [-0.2, 0) is 25.5 Å². The Labute approximate surface area is 404 Å². The Morgan fingerprint density at radius 1 is 0.710 bits per heavy atom. The van der Waals surface area contributed by atoms with Crippen molar-refractivity contribution in [3.8, 4) is 33.6 Å². The second-order valence-electron chi connectivity index (χ2n) is 17.5. The van der Waals surface area contributed by atoms with Gasteiger partial charge in [-0.05, 0) is 123 Å². The average molecular weight is 937 g/mol. The molecular weight excluding hydrogens is 873 g/mol. The zero-order valence-electron chi connectivity index (χ0n) is 37.8. The first-order valence-corrected chi connectivity index (χ1v) is 22.8. The predicted octanol–water partition coefficient (Wildman–Crippen LogP) is 7.71. The molecule has 6 aromatic rings. The fraction of sp³-hybridized carbons (Fsp3) is 0.377. The van der Waals surface area contributed by atoms with E-state index in [9.17, 15) is 19.2 Å². The van der Waals surface area contributed by atoms with Gasteiger partial charge in [0.05, 0.1) is 60.7 Å². The Bertz CT molecular complexity index is 2730. The SMILES string of the molecule is C.C.Cc1ccc(C(=O)NC2CC2)cc1-c1cnn(-c2cncc(CC(=O)CC3CCOC3)c2)c1.Cc1ccc(C(=O)NC2CC2)cc1-c1cnn(-c2cncc(N)c2)c1.O=CC=NC1CCOC1. The summed E-state index contributed by atoms with van der Waals surface area (Å²) in [5.74, 6) is 0.503. The molecule has 4 fully saturated rings. The highest BCUT2D eigenvalue weighted by molar-refractivity contribution is 6.12. The topological polar surface area (TPSA) is 211 Å². The lowest BCUT2D eigenvalue weighted by Gasteiger charge is -2.08. The summed E-state index contributed by atoms with van der Waals surface area (Å²) < 4.78 is 13.9. The maximum atomic E-state index is 12.5. The van der Waals surface area contributed by atoms with E-state index < -0.39 is 0 Å². The van der Waals surface area contributed by atoms with Gasteiger partial charge in [-0.3, -0.25) is 34.1 Å². The summed E-state index contributed by atoms with van der Waals surface area (Å²) in [4.78, 5) is 59.4. The van der Waals surface area contributed by atoms with Gasteiger partial charge in [0.2, 0.25) is 0 Å². The van der Waals surface area contributed by atoms with Gasteiger partial charge < -0.3 is 25.8 Å². The van der Waals surface area contributed by atoms with E-state index in [1.807, 2.05) is 74.8 Å². The number of rotatable bonds is 14. The molecule has 0 radical (unpaired) electrons. The minimum atomic E-state index is -0.0307. The number of benzene rings is 2. The van der Waals surface area contributed by atoms with Crippen LogP contribution < -0.4 is 16.4 Å². The molecule has 2 aliphatic heterocycles. The van der Waals surface area contributed by atoms with Gasteiger partial charge in [-0.15, -0.1) is 0 Å². The van der Waals surface area contributed by atoms with Gasteiger partial charge in [0.15, 0.2) is 6.29 Å². The predicted molar refractivity (Wildman–Crippen MR) is 268 cm³/mol. The normalized spacial score (nSPS) is 17.0. The highest BCUT2D eigenvalue weighted by atomic mass is 16.5. The minimum absolute atomic E-state index is 0. The number of nitrogen functional groups attached to an aromatic ring is 1. The maximum Gasteiger partial charge on any atom is 0.251 e. The summed E-state index contributed by atoms with van der Waals surface area (Å²) in [5, 5.41) is 15.0. The highest BCUT2D eigenvalue weighted by Crippen LogP contribution is 2.28. The molecule has 2 aliphatic carbocycles. The number of hydrogen-bond donors (Lipinski definition) is 3. The Balaban J connectivity index is 0.000000192. The van der Waals surface area contributed by atoms with E-state index in [-0.39, 0.29) is 38.5 Å². The van der Waals surface area contributed by atoms with E-state index in [1.165, 1.54) is 6.21 Å². The number of hydrogen-bond acceptors (Lipinski definition) is 12. The van der Waals surface area contributed by atoms with Crippen LogP contribution in [0.25, 0.3) is 33.6 Å². The van der Waals surface area contributed by atoms with E-state index in [1.54, 1.807) is 46.5 Å². The number of aldehydes is 1. The molecule has 2 aromatic carbocycles. The highest BCUT2D eigenvalue weighted by Gasteiger charge is 2.25. The van der Waals surface area contributed by atoms with Gasteiger partial charge >= 0.3 is 0 Å². The number of nitrogens with zero attached hydrogens (tertiary/aromatic N) is 7.